The number of carbonyl (C=O) groups is 4. The summed E-state index contributed by atoms with van der Waals surface area (Å²) >= 11 is 0. The van der Waals surface area contributed by atoms with Crippen molar-refractivity contribution in [1.29, 1.82) is 0 Å². The molecule has 0 saturated carbocycles. The first-order valence-corrected chi connectivity index (χ1v) is 44.2. The summed E-state index contributed by atoms with van der Waals surface area (Å²) in [7, 11) is -12.2. The number of amides is 4. The third kappa shape index (κ3) is 36.7. The van der Waals surface area contributed by atoms with Crippen molar-refractivity contribution in [3.63, 3.8) is 0 Å². The molecule has 0 radical (unpaired) electrons. The molecule has 113 heavy (non-hydrogen) atoms. The highest BCUT2D eigenvalue weighted by molar-refractivity contribution is 7.48. The zero-order valence-corrected chi connectivity index (χ0v) is 69.4. The Morgan fingerprint density at radius 1 is 0.434 bits per heavy atom. The molecule has 6 saturated heterocycles. The summed E-state index contributed by atoms with van der Waals surface area (Å²) in [4.78, 5) is 87.7. The topological polar surface area (TPSA) is 532 Å². The van der Waals surface area contributed by atoms with Gasteiger partial charge in [-0.3, -0.25) is 46.3 Å². The van der Waals surface area contributed by atoms with Crippen LogP contribution in [0.3, 0.4) is 0 Å². The highest BCUT2D eigenvalue weighted by Gasteiger charge is 2.47. The van der Waals surface area contributed by atoms with Crippen molar-refractivity contribution in [3.8, 4) is 0 Å². The summed E-state index contributed by atoms with van der Waals surface area (Å²) < 4.78 is 129. The Hall–Kier alpha value is -2.55. The fourth-order valence-corrected chi connectivity index (χ4v) is 16.4. The van der Waals surface area contributed by atoms with Crippen molar-refractivity contribution in [3.05, 3.63) is 0 Å². The van der Waals surface area contributed by atoms with E-state index in [1.165, 1.54) is 14.0 Å². The van der Waals surface area contributed by atoms with E-state index in [-0.39, 0.29) is 168 Å². The van der Waals surface area contributed by atoms with Crippen LogP contribution in [0, 0.1) is 23.2 Å². The Labute approximate surface area is 663 Å². The SMILES string of the molecule is CC(C)C.COCC(COCCCOP(=O)(O)OC1CCN(C(=O)CCCCO[C@@H]2OC(CO)[C@H](O)[C@H](O)C2C)CC1)(COCCCOP(=O)(O)OC1CCN(C(=O)CCCCO[C@@H]2OC(CO)[C@H](O)[C@H](O)C2C)CC1)COCCCOP(=O)(O)OC1CCN(C(=O)CCCCO[C@@H]2OC(CO)[C@H](O)[C@H](O)C2NC(C)=O)CC1. The predicted molar refractivity (Wildman–Crippen MR) is 399 cm³/mol. The lowest BCUT2D eigenvalue weighted by Crippen LogP contribution is -2.64. The number of unbranched alkanes of at least 4 members (excludes halogenated alkanes) is 3. The quantitative estimate of drug-likeness (QED) is 0.0303. The molecule has 0 aromatic heterocycles. The Balaban J connectivity index is 0.00000556. The molecule has 0 aliphatic carbocycles. The molecule has 6 heterocycles. The summed E-state index contributed by atoms with van der Waals surface area (Å²) in [6.07, 6.45) is -9.99. The van der Waals surface area contributed by atoms with E-state index in [0.717, 1.165) is 5.92 Å². The van der Waals surface area contributed by atoms with Gasteiger partial charge in [0, 0.05) is 124 Å². The molecule has 6 aliphatic rings. The van der Waals surface area contributed by atoms with Crippen molar-refractivity contribution in [2.45, 2.75) is 255 Å². The molecule has 13 N–H and O–H groups in total. The lowest BCUT2D eigenvalue weighted by molar-refractivity contribution is -0.282. The first-order valence-electron chi connectivity index (χ1n) is 39.7. The van der Waals surface area contributed by atoms with Gasteiger partial charge in [-0.25, -0.2) is 13.7 Å². The Morgan fingerprint density at radius 2 is 0.726 bits per heavy atom. The molecule has 0 bridgehead atoms. The molecule has 6 fully saturated rings. The van der Waals surface area contributed by atoms with Crippen molar-refractivity contribution in [2.24, 2.45) is 23.2 Å². The Bertz CT molecular complexity index is 2710. The third-order valence-corrected chi connectivity index (χ3v) is 23.0. The minimum atomic E-state index is -4.56. The average molecular weight is 1700 g/mol. The van der Waals surface area contributed by atoms with E-state index in [1.54, 1.807) is 28.5 Å². The second-order valence-electron chi connectivity index (χ2n) is 30.4. The largest absolute Gasteiger partial charge is 0.472 e. The van der Waals surface area contributed by atoms with E-state index in [0.29, 0.717) is 90.4 Å². The molecule has 18 atom stereocenters. The maximum absolute atomic E-state index is 13.1. The molecule has 662 valence electrons. The molecule has 9 unspecified atom stereocenters. The predicted octanol–water partition coefficient (Wildman–Crippen LogP) is 1.53. The van der Waals surface area contributed by atoms with Crippen LogP contribution in [0.4, 0.5) is 0 Å². The van der Waals surface area contributed by atoms with E-state index < -0.39 is 165 Å². The van der Waals surface area contributed by atoms with Gasteiger partial charge in [0.05, 0.1) is 102 Å². The van der Waals surface area contributed by atoms with E-state index in [1.807, 2.05) is 0 Å². The van der Waals surface area contributed by atoms with Gasteiger partial charge in [-0.15, -0.1) is 0 Å². The molecule has 39 nitrogen and oxygen atoms in total. The molecular formula is C71H133N4O35P3. The van der Waals surface area contributed by atoms with E-state index in [2.05, 4.69) is 26.1 Å². The van der Waals surface area contributed by atoms with Crippen LogP contribution >= 0.6 is 23.5 Å². The van der Waals surface area contributed by atoms with Gasteiger partial charge in [0.2, 0.25) is 23.6 Å². The van der Waals surface area contributed by atoms with Gasteiger partial charge >= 0.3 is 23.5 Å². The van der Waals surface area contributed by atoms with Crippen LogP contribution in [-0.2, 0) is 107 Å². The molecular weight excluding hydrogens is 1560 g/mol. The molecule has 42 heteroatoms. The molecule has 6 rings (SSSR count). The molecule has 0 aromatic rings. The first kappa shape index (κ1) is 101. The fourth-order valence-electron chi connectivity index (χ4n) is 13.4. The van der Waals surface area contributed by atoms with E-state index in [4.69, 9.17) is 74.5 Å². The lowest BCUT2D eigenvalue weighted by Gasteiger charge is -2.42. The summed E-state index contributed by atoms with van der Waals surface area (Å²) in [6, 6.07) is -1.09. The van der Waals surface area contributed by atoms with Gasteiger partial charge in [-0.1, -0.05) is 34.6 Å². The van der Waals surface area contributed by atoms with Gasteiger partial charge in [-0.05, 0) is 102 Å². The number of hydrogen-bond acceptors (Lipinski definition) is 32. The summed E-state index contributed by atoms with van der Waals surface area (Å²) in [6.45, 7) is 11.0. The summed E-state index contributed by atoms with van der Waals surface area (Å²) in [5, 5.41) is 92.5. The van der Waals surface area contributed by atoms with Crippen LogP contribution in [0.5, 0.6) is 0 Å². The summed E-state index contributed by atoms with van der Waals surface area (Å²) in [5.41, 5.74) is -0.999. The van der Waals surface area contributed by atoms with Crippen molar-refractivity contribution < 1.29 is 168 Å². The number of piperidine rings is 3. The second-order valence-corrected chi connectivity index (χ2v) is 34.6. The van der Waals surface area contributed by atoms with Gasteiger partial charge in [-0.2, -0.15) is 0 Å². The van der Waals surface area contributed by atoms with E-state index >= 15 is 0 Å². The fraction of sp³-hybridized carbons (Fsp3) is 0.944. The average Bonchev–Trinajstić information content (AvgIpc) is 0.905. The van der Waals surface area contributed by atoms with Crippen molar-refractivity contribution >= 4 is 47.1 Å². The zero-order valence-electron chi connectivity index (χ0n) is 66.7. The van der Waals surface area contributed by atoms with Crippen LogP contribution in [-0.4, -0.2) is 349 Å². The number of phosphoric acid groups is 3. The minimum absolute atomic E-state index is 0.0228. The number of aliphatic hydroxyl groups is 9. The number of aliphatic hydroxyl groups excluding tert-OH is 9. The van der Waals surface area contributed by atoms with E-state index in [9.17, 15) is 93.5 Å². The highest BCUT2D eigenvalue weighted by atomic mass is 31.2. The van der Waals surface area contributed by atoms with Gasteiger partial charge in [0.1, 0.15) is 48.8 Å². The van der Waals surface area contributed by atoms with Gasteiger partial charge in [0.25, 0.3) is 0 Å². The van der Waals surface area contributed by atoms with Crippen LogP contribution in [0.2, 0.25) is 0 Å². The smallest absolute Gasteiger partial charge is 0.394 e. The van der Waals surface area contributed by atoms with Crippen LogP contribution < -0.4 is 5.32 Å². The minimum Gasteiger partial charge on any atom is -0.394 e. The third-order valence-electron chi connectivity index (χ3n) is 19.8. The van der Waals surface area contributed by atoms with Gasteiger partial charge < -0.3 is 128 Å². The molecule has 4 amide bonds. The second kappa shape index (κ2) is 52.6. The van der Waals surface area contributed by atoms with Crippen LogP contribution in [0.1, 0.15) is 157 Å². The van der Waals surface area contributed by atoms with Crippen LogP contribution in [0.25, 0.3) is 0 Å². The van der Waals surface area contributed by atoms with Gasteiger partial charge in [0.15, 0.2) is 18.9 Å². The van der Waals surface area contributed by atoms with Crippen LogP contribution in [0.15, 0.2) is 0 Å². The molecule has 0 aromatic carbocycles. The maximum Gasteiger partial charge on any atom is 0.472 e. The number of likely N-dealkylation sites (tertiary alicyclic amines) is 3. The van der Waals surface area contributed by atoms with Crippen molar-refractivity contribution in [1.82, 2.24) is 20.0 Å². The number of methoxy groups -OCH3 is 1. The normalized spacial score (nSPS) is 29.2. The number of carbonyl (C=O) groups excluding carboxylic acids is 4. The maximum atomic E-state index is 13.1. The Kier molecular flexibility index (Phi) is 47.0. The Morgan fingerprint density at radius 3 is 1.02 bits per heavy atom. The zero-order chi connectivity index (χ0) is 83.3. The monoisotopic (exact) mass is 1690 g/mol. The standard InChI is InChI=1S/C67H123N4O35P3.C4H10/c1-45-58(79)60(81)51(38-72)101-64(45)95-32-8-5-14-54(76)69-23-17-48(18-24-69)104-107(85,86)98-35-11-29-92-42-67(41-91-4,43-93-30-12-36-99-108(87,88)105-49-19-25-70(26-20-49)55(77)15-6-9-33-96-65-46(2)59(80)61(82)52(39-73)102-65)44-94-31-13-37-100-109(89,90)106-50-21-27-71(28-22-50)56(78)16-7-10-34-97-66-57(68-47(3)75)63(84)62(83)53(40-74)103-66;1-4(2)3/h45-46,48-53,57-66,72-74,79-84H,5-44H2,1-4H3,(H,68,75)(H,85,86)(H,87,88)(H,89,90);4H,1-3H3/t45?,46?,51?,52?,53?,57?,58-,59-,60+,61+,62+,63-,64-,65-,66-,67?;/m1./s1. The molecule has 0 spiro atoms. The number of nitrogens with one attached hydrogen (secondary N) is 1. The number of nitrogens with zero attached hydrogens (tertiary/aromatic N) is 3. The first-order chi connectivity index (χ1) is 53.7. The highest BCUT2D eigenvalue weighted by Crippen LogP contribution is 2.48. The summed E-state index contributed by atoms with van der Waals surface area (Å²) in [5.74, 6) is -1.08. The number of hydrogen-bond donors (Lipinski definition) is 13. The number of phosphoric ester groups is 3. The number of ether oxygens (including phenoxy) is 10. The lowest BCUT2D eigenvalue weighted by atomic mass is 9.92. The number of rotatable bonds is 51. The van der Waals surface area contributed by atoms with Crippen molar-refractivity contribution in [2.75, 3.05) is 152 Å². The molecule has 6 aliphatic heterocycles.